The van der Waals surface area contributed by atoms with Gasteiger partial charge < -0.3 is 49.2 Å². The van der Waals surface area contributed by atoms with E-state index >= 15 is 4.39 Å². The summed E-state index contributed by atoms with van der Waals surface area (Å²) in [5.74, 6) is -3.19. The molecule has 0 saturated heterocycles. The number of hydrogen-bond acceptors (Lipinski definition) is 16. The number of hydrogen-bond donors (Lipinski definition) is 6. The predicted molar refractivity (Wildman–Crippen MR) is 273 cm³/mol. The maximum Gasteiger partial charge on any atom is 0.406 e. The number of aryl methyl sites for hydroxylation is 1. The topological polar surface area (TPSA) is 281 Å². The number of aromatic nitrogens is 2. The van der Waals surface area contributed by atoms with Crippen LogP contribution in [0.4, 0.5) is 10.1 Å². The average Bonchev–Trinajstić information content (AvgIpc) is 3.74. The Morgan fingerprint density at radius 1 is 1.03 bits per heavy atom. The van der Waals surface area contributed by atoms with E-state index in [1.807, 2.05) is 0 Å². The second-order valence-corrected chi connectivity index (χ2v) is 22.9. The number of benzene rings is 2. The SMILES string of the molecule is C#CP(=O)(Nc1ccc(C(=O)NCCCCCOP(=O)(NC(C)C(=O)OC(C)(C)C)OCC(=O)N[C@H]2CCc3c(C)c(F)cc4nc5c(c2c34)Cn2c-5cc3c(c2=O)COC(=O)[C@]3(O)CC)cc1)OCCOCCO. The molecule has 0 spiro atoms. The number of carbonyl (C=O) groups excluding carboxylic acids is 4. The zero-order chi connectivity index (χ0) is 54.5. The Morgan fingerprint density at radius 3 is 2.47 bits per heavy atom. The number of cyclic esters (lactones) is 1. The third kappa shape index (κ3) is 12.9. The molecule has 3 unspecified atom stereocenters. The lowest BCUT2D eigenvalue weighted by atomic mass is 9.81. The largest absolute Gasteiger partial charge is 0.459 e. The molecule has 3 aliphatic rings. The Balaban J connectivity index is 0.993. The first-order valence-corrected chi connectivity index (χ1v) is 27.8. The van der Waals surface area contributed by atoms with E-state index in [0.29, 0.717) is 82.4 Å². The summed E-state index contributed by atoms with van der Waals surface area (Å²) in [4.78, 5) is 71.6. The number of nitrogens with zero attached hydrogens (tertiary/aromatic N) is 2. The Hall–Kier alpha value is -5.85. The monoisotopic (exact) mass is 1080 g/mol. The molecule has 5 atom stereocenters. The zero-order valence-corrected chi connectivity index (χ0v) is 44.5. The van der Waals surface area contributed by atoms with Crippen molar-refractivity contribution in [3.05, 3.63) is 91.5 Å². The van der Waals surface area contributed by atoms with Gasteiger partial charge in [0, 0.05) is 46.0 Å². The molecule has 7 rings (SSSR count). The number of ether oxygens (including phenoxy) is 3. The molecule has 0 saturated carbocycles. The molecule has 2 aromatic carbocycles. The molecule has 21 nitrogen and oxygen atoms in total. The van der Waals surface area contributed by atoms with Crippen molar-refractivity contribution < 1.29 is 70.7 Å². The fourth-order valence-electron chi connectivity index (χ4n) is 9.12. The van der Waals surface area contributed by atoms with Gasteiger partial charge >= 0.3 is 27.2 Å². The Morgan fingerprint density at radius 2 is 1.77 bits per heavy atom. The van der Waals surface area contributed by atoms with Crippen molar-refractivity contribution in [3.63, 3.8) is 0 Å². The standard InChI is InChI=1S/C51H63FN6O15P2/c1-8-51(65)37-25-41-45-35(27-58(41)47(62)36(37)28-69-49(51)64)44-39(18-17-34-30(3)38(52)26-40(55-45)43(34)44)54-42(60)29-72-75(67,56-31(4)48(63)73-50(5,6)7)71-21-12-10-11-19-53-46(61)32-13-15-33(16-14-32)57-74(66,9-2)70-24-23-68-22-20-59/h2,13-16,25-26,31,39,59,65H,8,10-12,17-24,27-29H2,1,3-7H3,(H,53,61)(H,54,60)(H,56,67)(H,57,66)/t31?,39-,51-,74?,75?/m0/s1. The van der Waals surface area contributed by atoms with E-state index in [2.05, 4.69) is 26.5 Å². The predicted octanol–water partition coefficient (Wildman–Crippen LogP) is 5.91. The first-order valence-electron chi connectivity index (χ1n) is 24.6. The van der Waals surface area contributed by atoms with E-state index in [9.17, 15) is 38.2 Å². The molecule has 0 radical (unpaired) electrons. The van der Waals surface area contributed by atoms with Gasteiger partial charge in [0.2, 0.25) is 5.91 Å². The molecule has 4 heterocycles. The minimum Gasteiger partial charge on any atom is -0.459 e. The molecule has 0 bridgehead atoms. The number of halogens is 1. The molecule has 1 aliphatic carbocycles. The van der Waals surface area contributed by atoms with Crippen LogP contribution in [0.5, 0.6) is 0 Å². The van der Waals surface area contributed by atoms with Crippen molar-refractivity contribution in [2.45, 2.75) is 117 Å². The highest BCUT2D eigenvalue weighted by Gasteiger charge is 2.46. The van der Waals surface area contributed by atoms with Gasteiger partial charge in [-0.3, -0.25) is 32.8 Å². The number of rotatable bonds is 24. The van der Waals surface area contributed by atoms with Crippen molar-refractivity contribution >= 4 is 55.6 Å². The van der Waals surface area contributed by atoms with Gasteiger partial charge in [-0.05, 0) is 120 Å². The summed E-state index contributed by atoms with van der Waals surface area (Å²) in [7, 11) is -8.12. The smallest absolute Gasteiger partial charge is 0.406 e. The summed E-state index contributed by atoms with van der Waals surface area (Å²) >= 11 is 0. The van der Waals surface area contributed by atoms with E-state index in [4.69, 9.17) is 44.3 Å². The van der Waals surface area contributed by atoms with Crippen molar-refractivity contribution in [3.8, 4) is 23.5 Å². The Labute approximate surface area is 433 Å². The molecular weight excluding hydrogens is 1020 g/mol. The summed E-state index contributed by atoms with van der Waals surface area (Å²) in [6.07, 6.45) is 7.36. The van der Waals surface area contributed by atoms with Crippen LogP contribution in [0.1, 0.15) is 117 Å². The van der Waals surface area contributed by atoms with Gasteiger partial charge in [0.15, 0.2) is 5.60 Å². The van der Waals surface area contributed by atoms with Gasteiger partial charge in [-0.15, -0.1) is 6.42 Å². The zero-order valence-electron chi connectivity index (χ0n) is 42.7. The maximum absolute atomic E-state index is 15.5. The minimum atomic E-state index is -4.42. The highest BCUT2D eigenvalue weighted by atomic mass is 31.2. The molecule has 24 heteroatoms. The van der Waals surface area contributed by atoms with Crippen molar-refractivity contribution in [2.75, 3.05) is 51.3 Å². The van der Waals surface area contributed by atoms with E-state index in [1.165, 1.54) is 41.8 Å². The van der Waals surface area contributed by atoms with Crippen LogP contribution in [0.2, 0.25) is 0 Å². The molecule has 75 heavy (non-hydrogen) atoms. The third-order valence-corrected chi connectivity index (χ3v) is 16.0. The second-order valence-electron chi connectivity index (χ2n) is 19.3. The van der Waals surface area contributed by atoms with Crippen molar-refractivity contribution in [2.24, 2.45) is 0 Å². The number of unbranched alkanes of at least 4 members (excludes halogenated alkanes) is 2. The lowest BCUT2D eigenvalue weighted by molar-refractivity contribution is -0.172. The fraction of sp³-hybridized carbons (Fsp3) is 0.490. The van der Waals surface area contributed by atoms with Crippen LogP contribution in [0.3, 0.4) is 0 Å². The summed E-state index contributed by atoms with van der Waals surface area (Å²) in [5, 5.41) is 31.9. The van der Waals surface area contributed by atoms with Crippen LogP contribution < -0.4 is 26.4 Å². The van der Waals surface area contributed by atoms with Gasteiger partial charge in [0.05, 0.1) is 68.1 Å². The van der Waals surface area contributed by atoms with E-state index in [-0.39, 0.29) is 81.7 Å². The molecule has 404 valence electrons. The van der Waals surface area contributed by atoms with E-state index in [1.54, 1.807) is 40.7 Å². The average molecular weight is 1080 g/mol. The van der Waals surface area contributed by atoms with Crippen LogP contribution in [0.15, 0.2) is 41.2 Å². The number of pyridine rings is 2. The highest BCUT2D eigenvalue weighted by Crippen LogP contribution is 2.48. The Bertz CT molecular complexity index is 3070. The van der Waals surface area contributed by atoms with E-state index in [0.717, 1.165) is 0 Å². The number of terminal acetylenes is 1. The van der Waals surface area contributed by atoms with Gasteiger partial charge in [-0.1, -0.05) is 6.92 Å². The first kappa shape index (κ1) is 56.9. The molecule has 2 aliphatic heterocycles. The number of fused-ring (bicyclic) bond motifs is 5. The van der Waals surface area contributed by atoms with Crippen LogP contribution in [-0.4, -0.2) is 101 Å². The van der Waals surface area contributed by atoms with Gasteiger partial charge in [-0.25, -0.2) is 23.8 Å². The lowest BCUT2D eigenvalue weighted by Gasteiger charge is -2.31. The van der Waals surface area contributed by atoms with Crippen LogP contribution in [0, 0.1) is 24.8 Å². The number of aliphatic hydroxyl groups excluding tert-OH is 1. The number of amides is 2. The number of nitrogens with one attached hydrogen (secondary N) is 4. The molecular formula is C51H63FN6O15P2. The molecule has 2 amide bonds. The maximum atomic E-state index is 15.5. The lowest BCUT2D eigenvalue weighted by Crippen LogP contribution is -2.44. The van der Waals surface area contributed by atoms with E-state index < -0.39 is 74.4 Å². The highest BCUT2D eigenvalue weighted by molar-refractivity contribution is 7.65. The second kappa shape index (κ2) is 23.6. The number of aliphatic hydroxyl groups is 2. The molecule has 4 aromatic rings. The Kier molecular flexibility index (Phi) is 17.9. The summed E-state index contributed by atoms with van der Waals surface area (Å²) in [5.41, 5.74) is 2.81. The number of esters is 2. The molecule has 6 N–H and O–H groups in total. The van der Waals surface area contributed by atoms with Crippen LogP contribution in [-0.2, 0) is 76.5 Å². The minimum absolute atomic E-state index is 0.0164. The van der Waals surface area contributed by atoms with Crippen molar-refractivity contribution in [1.29, 1.82) is 0 Å². The van der Waals surface area contributed by atoms with Gasteiger partial charge in [-0.2, -0.15) is 0 Å². The normalized spacial score (nSPS) is 18.6. The summed E-state index contributed by atoms with van der Waals surface area (Å²) in [6, 6.07) is 7.02. The van der Waals surface area contributed by atoms with Crippen molar-refractivity contribution in [1.82, 2.24) is 25.3 Å². The van der Waals surface area contributed by atoms with Crippen LogP contribution >= 0.6 is 15.3 Å². The quantitative estimate of drug-likeness (QED) is 0.0181. The number of carbonyl (C=O) groups is 4. The fourth-order valence-corrected chi connectivity index (χ4v) is 11.6. The summed E-state index contributed by atoms with van der Waals surface area (Å²) < 4.78 is 76.8. The van der Waals surface area contributed by atoms with Gasteiger partial charge in [0.1, 0.15) is 30.7 Å². The van der Waals surface area contributed by atoms with Crippen LogP contribution in [0.25, 0.3) is 22.3 Å². The third-order valence-electron chi connectivity index (χ3n) is 12.9. The molecule has 2 aromatic heterocycles. The van der Waals surface area contributed by atoms with Gasteiger partial charge in [0.25, 0.3) is 11.5 Å². The number of anilines is 1. The first-order chi connectivity index (χ1) is 35.5. The summed E-state index contributed by atoms with van der Waals surface area (Å²) in [6.45, 7) is 8.67. The molecule has 0 fully saturated rings.